The molecule has 0 radical (unpaired) electrons. The van der Waals surface area contributed by atoms with Gasteiger partial charge in [0.05, 0.1) is 5.69 Å². The number of carbonyl (C=O) groups is 1. The fraction of sp³-hybridized carbons (Fsp3) is 0.429. The number of nitrogens with zero attached hydrogens (tertiary/aromatic N) is 1. The summed E-state index contributed by atoms with van der Waals surface area (Å²) in [5, 5.41) is 10.3. The molecule has 0 aliphatic heterocycles. The fourth-order valence-corrected chi connectivity index (χ4v) is 1.90. The highest BCUT2D eigenvalue weighted by Gasteiger charge is 2.01. The maximum absolute atomic E-state index is 10.2. The van der Waals surface area contributed by atoms with Gasteiger partial charge in [-0.1, -0.05) is 0 Å². The van der Waals surface area contributed by atoms with Crippen LogP contribution in [-0.2, 0) is 11.2 Å². The number of aromatic nitrogens is 1. The van der Waals surface area contributed by atoms with Crippen LogP contribution in [0.5, 0.6) is 0 Å². The highest BCUT2D eigenvalue weighted by molar-refractivity contribution is 9.11. The first-order chi connectivity index (χ1) is 5.68. The molecule has 0 unspecified atom stereocenters. The maximum atomic E-state index is 10.2. The average Bonchev–Trinajstić information content (AvgIpc) is 2.35. The third kappa shape index (κ3) is 3.32. The molecule has 0 aromatic carbocycles. The van der Waals surface area contributed by atoms with E-state index >= 15 is 0 Å². The lowest BCUT2D eigenvalue weighted by atomic mass is 10.2. The molecule has 0 aliphatic carbocycles. The Kier molecular flexibility index (Phi) is 3.68. The summed E-state index contributed by atoms with van der Waals surface area (Å²) < 4.78 is 0.854. The van der Waals surface area contributed by atoms with Crippen LogP contribution in [0, 0.1) is 0 Å². The largest absolute Gasteiger partial charge is 0.481 e. The molecule has 12 heavy (non-hydrogen) atoms. The second-order valence-electron chi connectivity index (χ2n) is 2.34. The summed E-state index contributed by atoms with van der Waals surface area (Å²) in [6.07, 6.45) is 1.62. The lowest BCUT2D eigenvalue weighted by Gasteiger charge is -1.92. The molecule has 3 nitrogen and oxygen atoms in total. The van der Waals surface area contributed by atoms with E-state index in [2.05, 4.69) is 20.9 Å². The van der Waals surface area contributed by atoms with E-state index in [1.807, 2.05) is 5.38 Å². The third-order valence-corrected chi connectivity index (χ3v) is 2.76. The first-order valence-electron chi connectivity index (χ1n) is 3.50. The summed E-state index contributed by atoms with van der Waals surface area (Å²) in [4.78, 5) is 14.3. The van der Waals surface area contributed by atoms with Crippen molar-refractivity contribution in [3.8, 4) is 0 Å². The standard InChI is InChI=1S/C7H8BrNO2S/c8-7-9-5(4-12-7)2-1-3-6(10)11/h4H,1-3H2,(H,10,11). The Morgan fingerprint density at radius 1 is 1.75 bits per heavy atom. The highest BCUT2D eigenvalue weighted by Crippen LogP contribution is 2.17. The molecular weight excluding hydrogens is 242 g/mol. The Morgan fingerprint density at radius 3 is 3.00 bits per heavy atom. The number of aliphatic carboxylic acids is 1. The van der Waals surface area contributed by atoms with Crippen LogP contribution in [-0.4, -0.2) is 16.1 Å². The zero-order valence-corrected chi connectivity index (χ0v) is 8.69. The van der Waals surface area contributed by atoms with Gasteiger partial charge in [-0.2, -0.15) is 0 Å². The SMILES string of the molecule is O=C(O)CCCc1csc(Br)n1. The Labute approximate surface area is 82.6 Å². The summed E-state index contributed by atoms with van der Waals surface area (Å²) in [5.41, 5.74) is 0.966. The minimum atomic E-state index is -0.746. The Hall–Kier alpha value is -0.420. The van der Waals surface area contributed by atoms with Gasteiger partial charge in [-0.3, -0.25) is 4.79 Å². The van der Waals surface area contributed by atoms with Crippen molar-refractivity contribution in [3.05, 3.63) is 15.0 Å². The van der Waals surface area contributed by atoms with E-state index in [-0.39, 0.29) is 6.42 Å². The van der Waals surface area contributed by atoms with Crippen molar-refractivity contribution in [3.63, 3.8) is 0 Å². The highest BCUT2D eigenvalue weighted by atomic mass is 79.9. The lowest BCUT2D eigenvalue weighted by molar-refractivity contribution is -0.137. The lowest BCUT2D eigenvalue weighted by Crippen LogP contribution is -1.95. The third-order valence-electron chi connectivity index (χ3n) is 1.35. The molecule has 0 atom stereocenters. The molecule has 0 spiro atoms. The van der Waals surface area contributed by atoms with Crippen LogP contribution in [0.2, 0.25) is 0 Å². The Morgan fingerprint density at radius 2 is 2.50 bits per heavy atom. The van der Waals surface area contributed by atoms with Gasteiger partial charge < -0.3 is 5.11 Å². The number of hydrogen-bond acceptors (Lipinski definition) is 3. The molecule has 0 aliphatic rings. The van der Waals surface area contributed by atoms with E-state index in [9.17, 15) is 4.79 Å². The predicted molar refractivity (Wildman–Crippen MR) is 50.4 cm³/mol. The number of carboxylic acid groups (broad SMARTS) is 1. The van der Waals surface area contributed by atoms with E-state index in [4.69, 9.17) is 5.11 Å². The first kappa shape index (κ1) is 9.67. The van der Waals surface area contributed by atoms with Crippen molar-refractivity contribution in [2.45, 2.75) is 19.3 Å². The van der Waals surface area contributed by atoms with Crippen LogP contribution < -0.4 is 0 Å². The van der Waals surface area contributed by atoms with Crippen molar-refractivity contribution < 1.29 is 9.90 Å². The van der Waals surface area contributed by atoms with Crippen molar-refractivity contribution in [1.29, 1.82) is 0 Å². The quantitative estimate of drug-likeness (QED) is 0.892. The Bertz CT molecular complexity index is 274. The van der Waals surface area contributed by atoms with Gasteiger partial charge >= 0.3 is 5.97 Å². The van der Waals surface area contributed by atoms with E-state index in [0.29, 0.717) is 6.42 Å². The molecule has 0 fully saturated rings. The summed E-state index contributed by atoms with van der Waals surface area (Å²) >= 11 is 4.77. The first-order valence-corrected chi connectivity index (χ1v) is 5.17. The number of rotatable bonds is 4. The van der Waals surface area contributed by atoms with Gasteiger partial charge in [0.25, 0.3) is 0 Å². The van der Waals surface area contributed by atoms with Crippen LogP contribution in [0.25, 0.3) is 0 Å². The van der Waals surface area contributed by atoms with Crippen LogP contribution in [0.4, 0.5) is 0 Å². The molecular formula is C7H8BrNO2S. The van der Waals surface area contributed by atoms with E-state index in [0.717, 1.165) is 16.0 Å². The number of thiazole rings is 1. The maximum Gasteiger partial charge on any atom is 0.303 e. The summed E-state index contributed by atoms with van der Waals surface area (Å²) in [6, 6.07) is 0. The number of hydrogen-bond donors (Lipinski definition) is 1. The molecule has 1 heterocycles. The minimum absolute atomic E-state index is 0.217. The van der Waals surface area contributed by atoms with Gasteiger partial charge in [0.15, 0.2) is 3.92 Å². The fourth-order valence-electron chi connectivity index (χ4n) is 0.818. The van der Waals surface area contributed by atoms with Crippen LogP contribution in [0.15, 0.2) is 9.30 Å². The minimum Gasteiger partial charge on any atom is -0.481 e. The van der Waals surface area contributed by atoms with E-state index in [1.54, 1.807) is 0 Å². The molecule has 5 heteroatoms. The zero-order valence-electron chi connectivity index (χ0n) is 6.29. The second-order valence-corrected chi connectivity index (χ2v) is 4.47. The molecule has 0 amide bonds. The topological polar surface area (TPSA) is 50.2 Å². The smallest absolute Gasteiger partial charge is 0.303 e. The van der Waals surface area contributed by atoms with Crippen molar-refractivity contribution >= 4 is 33.2 Å². The van der Waals surface area contributed by atoms with Crippen LogP contribution in [0.3, 0.4) is 0 Å². The molecule has 0 bridgehead atoms. The molecule has 1 aromatic rings. The average molecular weight is 250 g/mol. The van der Waals surface area contributed by atoms with E-state index < -0.39 is 5.97 Å². The van der Waals surface area contributed by atoms with Crippen LogP contribution in [0.1, 0.15) is 18.5 Å². The van der Waals surface area contributed by atoms with Crippen LogP contribution >= 0.6 is 27.3 Å². The molecule has 1 N–H and O–H groups in total. The van der Waals surface area contributed by atoms with Crippen molar-refractivity contribution in [2.24, 2.45) is 0 Å². The van der Waals surface area contributed by atoms with E-state index in [1.165, 1.54) is 11.3 Å². The van der Waals surface area contributed by atoms with Gasteiger partial charge in [-0.05, 0) is 28.8 Å². The van der Waals surface area contributed by atoms with Gasteiger partial charge in [0.1, 0.15) is 0 Å². The molecule has 0 saturated heterocycles. The molecule has 1 rings (SSSR count). The van der Waals surface area contributed by atoms with Gasteiger partial charge in [0.2, 0.25) is 0 Å². The summed E-state index contributed by atoms with van der Waals surface area (Å²) in [7, 11) is 0. The van der Waals surface area contributed by atoms with Gasteiger partial charge in [-0.15, -0.1) is 11.3 Å². The normalized spacial score (nSPS) is 10.1. The monoisotopic (exact) mass is 249 g/mol. The summed E-state index contributed by atoms with van der Waals surface area (Å²) in [6.45, 7) is 0. The molecule has 66 valence electrons. The Balaban J connectivity index is 2.29. The summed E-state index contributed by atoms with van der Waals surface area (Å²) in [5.74, 6) is -0.746. The molecule has 1 aromatic heterocycles. The van der Waals surface area contributed by atoms with Crippen molar-refractivity contribution in [1.82, 2.24) is 4.98 Å². The van der Waals surface area contributed by atoms with Gasteiger partial charge in [-0.25, -0.2) is 4.98 Å². The molecule has 0 saturated carbocycles. The second kappa shape index (κ2) is 4.57. The predicted octanol–water partition coefficient (Wildman–Crippen LogP) is 2.31. The zero-order chi connectivity index (χ0) is 8.97. The number of halogens is 1. The number of carboxylic acids is 1. The van der Waals surface area contributed by atoms with Gasteiger partial charge in [0, 0.05) is 11.8 Å². The van der Waals surface area contributed by atoms with Crippen molar-refractivity contribution in [2.75, 3.05) is 0 Å². The number of aryl methyl sites for hydroxylation is 1.